The fourth-order valence-corrected chi connectivity index (χ4v) is 3.99. The number of anilines is 1. The van der Waals surface area contributed by atoms with Crippen LogP contribution in [0.2, 0.25) is 0 Å². The number of amides is 1. The van der Waals surface area contributed by atoms with Crippen molar-refractivity contribution < 1.29 is 4.79 Å². The largest absolute Gasteiger partial charge is 0.378 e. The molecule has 0 fully saturated rings. The van der Waals surface area contributed by atoms with Crippen molar-refractivity contribution in [2.45, 2.75) is 13.5 Å². The minimum atomic E-state index is -0.0665. The summed E-state index contributed by atoms with van der Waals surface area (Å²) in [5.41, 5.74) is 4.08. The van der Waals surface area contributed by atoms with Crippen molar-refractivity contribution >= 4 is 34.3 Å². The second-order valence-electron chi connectivity index (χ2n) is 5.69. The van der Waals surface area contributed by atoms with E-state index in [4.69, 9.17) is 0 Å². The molecule has 0 aliphatic heterocycles. The Kier molecular flexibility index (Phi) is 4.97. The monoisotopic (exact) mass is 357 g/mol. The highest BCUT2D eigenvalue weighted by atomic mass is 32.1. The third kappa shape index (κ3) is 3.66. The van der Waals surface area contributed by atoms with Gasteiger partial charge in [-0.05, 0) is 36.1 Å². The molecule has 6 heteroatoms. The summed E-state index contributed by atoms with van der Waals surface area (Å²) in [5.74, 6) is -0.0665. The number of carbonyl (C=O) groups excluding carboxylic acids is 1. The number of hydrogen-bond acceptors (Lipinski definition) is 5. The van der Waals surface area contributed by atoms with Gasteiger partial charge in [0, 0.05) is 37.3 Å². The van der Waals surface area contributed by atoms with Gasteiger partial charge in [-0.3, -0.25) is 4.79 Å². The highest BCUT2D eigenvalue weighted by Gasteiger charge is 2.16. The van der Waals surface area contributed by atoms with Gasteiger partial charge >= 0.3 is 0 Å². The maximum atomic E-state index is 12.5. The number of thiophene rings is 1. The third-order valence-electron chi connectivity index (χ3n) is 3.68. The molecule has 3 rings (SSSR count). The van der Waals surface area contributed by atoms with Crippen LogP contribution in [0.15, 0.2) is 41.1 Å². The molecule has 1 aromatic carbocycles. The Bertz CT molecular complexity index is 821. The lowest BCUT2D eigenvalue weighted by Gasteiger charge is -2.12. The lowest BCUT2D eigenvalue weighted by atomic mass is 10.2. The van der Waals surface area contributed by atoms with Crippen LogP contribution in [0.1, 0.15) is 20.9 Å². The number of aryl methyl sites for hydroxylation is 1. The number of benzene rings is 1. The van der Waals surface area contributed by atoms with Crippen molar-refractivity contribution in [3.05, 3.63) is 57.2 Å². The van der Waals surface area contributed by atoms with Crippen LogP contribution < -0.4 is 10.2 Å². The van der Waals surface area contributed by atoms with Gasteiger partial charge in [0.15, 0.2) is 0 Å². The first-order chi connectivity index (χ1) is 11.5. The predicted octanol–water partition coefficient (Wildman–Crippen LogP) is 4.18. The van der Waals surface area contributed by atoms with Gasteiger partial charge in [0.05, 0.1) is 5.69 Å². The summed E-state index contributed by atoms with van der Waals surface area (Å²) in [5, 5.41) is 7.95. The topological polar surface area (TPSA) is 45.2 Å². The maximum absolute atomic E-state index is 12.5. The summed E-state index contributed by atoms with van der Waals surface area (Å²) >= 11 is 3.07. The molecule has 0 spiro atoms. The predicted molar refractivity (Wildman–Crippen MR) is 102 cm³/mol. The summed E-state index contributed by atoms with van der Waals surface area (Å²) in [6.07, 6.45) is 0. The maximum Gasteiger partial charge on any atom is 0.263 e. The molecule has 2 aromatic heterocycles. The van der Waals surface area contributed by atoms with Gasteiger partial charge in [-0.1, -0.05) is 12.1 Å². The van der Waals surface area contributed by atoms with Crippen LogP contribution in [0, 0.1) is 6.92 Å². The minimum absolute atomic E-state index is 0.0665. The lowest BCUT2D eigenvalue weighted by Crippen LogP contribution is -2.22. The Balaban J connectivity index is 1.67. The van der Waals surface area contributed by atoms with Crippen LogP contribution >= 0.6 is 22.7 Å². The highest BCUT2D eigenvalue weighted by Crippen LogP contribution is 2.29. The number of rotatable bonds is 5. The van der Waals surface area contributed by atoms with E-state index in [2.05, 4.69) is 15.2 Å². The van der Waals surface area contributed by atoms with Gasteiger partial charge in [-0.2, -0.15) is 11.3 Å². The number of carbonyl (C=O) groups is 1. The number of thiazole rings is 1. The normalized spacial score (nSPS) is 10.6. The van der Waals surface area contributed by atoms with Crippen molar-refractivity contribution in [1.82, 2.24) is 10.3 Å². The van der Waals surface area contributed by atoms with Crippen molar-refractivity contribution in [1.29, 1.82) is 0 Å². The minimum Gasteiger partial charge on any atom is -0.378 e. The summed E-state index contributed by atoms with van der Waals surface area (Å²) in [6.45, 7) is 2.39. The standard InChI is InChI=1S/C18H19N3OS2/c1-12-16(24-18(20-12)14-8-9-23-11-14)17(22)19-10-13-4-6-15(7-5-13)21(2)3/h4-9,11H,10H2,1-3H3,(H,19,22). The van der Waals surface area contributed by atoms with Crippen molar-refractivity contribution in [3.8, 4) is 10.6 Å². The van der Waals surface area contributed by atoms with Crippen LogP contribution in [0.5, 0.6) is 0 Å². The Morgan fingerprint density at radius 3 is 2.58 bits per heavy atom. The highest BCUT2D eigenvalue weighted by molar-refractivity contribution is 7.17. The molecule has 0 saturated carbocycles. The van der Waals surface area contributed by atoms with Crippen LogP contribution in [-0.2, 0) is 6.54 Å². The average Bonchev–Trinajstić information content (AvgIpc) is 3.22. The van der Waals surface area contributed by atoms with E-state index in [-0.39, 0.29) is 5.91 Å². The molecule has 1 amide bonds. The molecule has 1 N–H and O–H groups in total. The summed E-state index contributed by atoms with van der Waals surface area (Å²) in [7, 11) is 4.02. The van der Waals surface area contributed by atoms with Gasteiger partial charge in [0.1, 0.15) is 9.88 Å². The summed E-state index contributed by atoms with van der Waals surface area (Å²) < 4.78 is 0. The quantitative estimate of drug-likeness (QED) is 0.745. The zero-order valence-electron chi connectivity index (χ0n) is 13.9. The molecule has 0 radical (unpaired) electrons. The van der Waals surface area contributed by atoms with Crippen molar-refractivity contribution in [3.63, 3.8) is 0 Å². The van der Waals surface area contributed by atoms with Crippen molar-refractivity contribution in [2.75, 3.05) is 19.0 Å². The molecule has 0 saturated heterocycles. The van der Waals surface area contributed by atoms with Gasteiger partial charge in [-0.25, -0.2) is 4.98 Å². The molecule has 124 valence electrons. The van der Waals surface area contributed by atoms with Crippen LogP contribution in [-0.4, -0.2) is 25.0 Å². The van der Waals surface area contributed by atoms with Crippen LogP contribution in [0.3, 0.4) is 0 Å². The van der Waals surface area contributed by atoms with E-state index in [9.17, 15) is 4.79 Å². The zero-order chi connectivity index (χ0) is 17.1. The molecule has 0 bridgehead atoms. The molecule has 0 atom stereocenters. The fourth-order valence-electron chi connectivity index (χ4n) is 2.29. The molecule has 0 unspecified atom stereocenters. The Morgan fingerprint density at radius 2 is 1.96 bits per heavy atom. The first kappa shape index (κ1) is 16.7. The van der Waals surface area contributed by atoms with Gasteiger partial charge in [0.25, 0.3) is 5.91 Å². The van der Waals surface area contributed by atoms with Crippen LogP contribution in [0.25, 0.3) is 10.6 Å². The third-order valence-corrected chi connectivity index (χ3v) is 5.57. The summed E-state index contributed by atoms with van der Waals surface area (Å²) in [6, 6.07) is 10.2. The molecule has 4 nitrogen and oxygen atoms in total. The molecular weight excluding hydrogens is 338 g/mol. The summed E-state index contributed by atoms with van der Waals surface area (Å²) in [4.78, 5) is 19.7. The molecule has 0 aliphatic carbocycles. The molecule has 3 aromatic rings. The second-order valence-corrected chi connectivity index (χ2v) is 7.47. The van der Waals surface area contributed by atoms with Gasteiger partial charge < -0.3 is 10.2 Å². The van der Waals surface area contributed by atoms with E-state index in [1.807, 2.05) is 62.1 Å². The van der Waals surface area contributed by atoms with Crippen molar-refractivity contribution in [2.24, 2.45) is 0 Å². The average molecular weight is 358 g/mol. The number of nitrogens with zero attached hydrogens (tertiary/aromatic N) is 2. The molecular formula is C18H19N3OS2. The fraction of sp³-hybridized carbons (Fsp3) is 0.222. The van der Waals surface area contributed by atoms with E-state index in [1.54, 1.807) is 11.3 Å². The number of hydrogen-bond donors (Lipinski definition) is 1. The zero-order valence-corrected chi connectivity index (χ0v) is 15.5. The molecule has 0 aliphatic rings. The second kappa shape index (κ2) is 7.15. The lowest BCUT2D eigenvalue weighted by molar-refractivity contribution is 0.0954. The van der Waals surface area contributed by atoms with E-state index in [0.29, 0.717) is 11.4 Å². The van der Waals surface area contributed by atoms with E-state index in [1.165, 1.54) is 11.3 Å². The van der Waals surface area contributed by atoms with Gasteiger partial charge in [-0.15, -0.1) is 11.3 Å². The van der Waals surface area contributed by atoms with E-state index in [0.717, 1.165) is 27.5 Å². The SMILES string of the molecule is Cc1nc(-c2ccsc2)sc1C(=O)NCc1ccc(N(C)C)cc1. The Labute approximate surface area is 149 Å². The van der Waals surface area contributed by atoms with Crippen LogP contribution in [0.4, 0.5) is 5.69 Å². The Hall–Kier alpha value is -2.18. The molecule has 2 heterocycles. The van der Waals surface area contributed by atoms with E-state index < -0.39 is 0 Å². The molecule has 24 heavy (non-hydrogen) atoms. The Morgan fingerprint density at radius 1 is 1.21 bits per heavy atom. The van der Waals surface area contributed by atoms with Gasteiger partial charge in [0.2, 0.25) is 0 Å². The number of nitrogens with one attached hydrogen (secondary N) is 1. The first-order valence-corrected chi connectivity index (χ1v) is 9.35. The van der Waals surface area contributed by atoms with E-state index >= 15 is 0 Å². The number of aromatic nitrogens is 1. The first-order valence-electron chi connectivity index (χ1n) is 7.59. The smallest absolute Gasteiger partial charge is 0.263 e.